The van der Waals surface area contributed by atoms with Crippen LogP contribution in [0.25, 0.3) is 5.76 Å². The lowest BCUT2D eigenvalue weighted by Gasteiger charge is -2.08. The first kappa shape index (κ1) is 12.1. The minimum absolute atomic E-state index is 0.188. The van der Waals surface area contributed by atoms with Gasteiger partial charge in [0.15, 0.2) is 0 Å². The number of nitrogens with zero attached hydrogens (tertiary/aromatic N) is 1. The van der Waals surface area contributed by atoms with Crippen LogP contribution in [0.3, 0.4) is 0 Å². The van der Waals surface area contributed by atoms with Crippen molar-refractivity contribution >= 4 is 11.4 Å². The van der Waals surface area contributed by atoms with Crippen molar-refractivity contribution < 1.29 is 18.4 Å². The molecule has 16 heavy (non-hydrogen) atoms. The highest BCUT2D eigenvalue weighted by Crippen LogP contribution is 2.26. The second-order valence-corrected chi connectivity index (χ2v) is 2.90. The van der Waals surface area contributed by atoms with E-state index in [1.165, 1.54) is 0 Å². The minimum atomic E-state index is -1.06. The molecule has 4 nitrogen and oxygen atoms in total. The Labute approximate surface area is 90.3 Å². The fourth-order valence-electron chi connectivity index (χ4n) is 1.18. The standard InChI is InChI=1S/C10H9F2NO3/c1-3-16-6(2)10-8(11)4-7(13(14)15)5-9(10)12/h4-5H,2-3H2,1H3. The summed E-state index contributed by atoms with van der Waals surface area (Å²) < 4.78 is 31.6. The average molecular weight is 229 g/mol. The van der Waals surface area contributed by atoms with Crippen molar-refractivity contribution in [3.8, 4) is 0 Å². The molecule has 0 aliphatic heterocycles. The third-order valence-electron chi connectivity index (χ3n) is 1.84. The minimum Gasteiger partial charge on any atom is -0.494 e. The van der Waals surface area contributed by atoms with Gasteiger partial charge >= 0.3 is 0 Å². The molecule has 0 radical (unpaired) electrons. The second-order valence-electron chi connectivity index (χ2n) is 2.90. The van der Waals surface area contributed by atoms with E-state index >= 15 is 0 Å². The fraction of sp³-hybridized carbons (Fsp3) is 0.200. The predicted molar refractivity (Wildman–Crippen MR) is 53.7 cm³/mol. The van der Waals surface area contributed by atoms with E-state index in [1.807, 2.05) is 0 Å². The summed E-state index contributed by atoms with van der Waals surface area (Å²) in [5.41, 5.74) is -1.13. The van der Waals surface area contributed by atoms with Gasteiger partial charge in [-0.1, -0.05) is 6.58 Å². The van der Waals surface area contributed by atoms with Gasteiger partial charge in [-0.3, -0.25) is 10.1 Å². The molecular weight excluding hydrogens is 220 g/mol. The number of hydrogen-bond acceptors (Lipinski definition) is 3. The maximum absolute atomic E-state index is 13.4. The van der Waals surface area contributed by atoms with E-state index in [1.54, 1.807) is 6.92 Å². The van der Waals surface area contributed by atoms with E-state index in [-0.39, 0.29) is 12.4 Å². The molecule has 0 aromatic heterocycles. The molecule has 0 amide bonds. The van der Waals surface area contributed by atoms with Crippen LogP contribution in [0.4, 0.5) is 14.5 Å². The number of benzene rings is 1. The van der Waals surface area contributed by atoms with Crippen LogP contribution >= 0.6 is 0 Å². The summed E-state index contributed by atoms with van der Waals surface area (Å²) in [4.78, 5) is 9.46. The SMILES string of the molecule is C=C(OCC)c1c(F)cc([N+](=O)[O-])cc1F. The largest absolute Gasteiger partial charge is 0.494 e. The van der Waals surface area contributed by atoms with Crippen LogP contribution in [-0.2, 0) is 4.74 Å². The molecule has 0 spiro atoms. The van der Waals surface area contributed by atoms with E-state index in [0.29, 0.717) is 12.1 Å². The Balaban J connectivity index is 3.22. The highest BCUT2D eigenvalue weighted by atomic mass is 19.1. The molecule has 0 aliphatic rings. The van der Waals surface area contributed by atoms with E-state index < -0.39 is 27.8 Å². The number of non-ortho nitro benzene ring substituents is 1. The third kappa shape index (κ3) is 2.33. The molecule has 0 atom stereocenters. The zero-order valence-electron chi connectivity index (χ0n) is 8.50. The number of halogens is 2. The Morgan fingerprint density at radius 2 is 2.00 bits per heavy atom. The lowest BCUT2D eigenvalue weighted by atomic mass is 10.1. The molecular formula is C10H9F2NO3. The first-order chi connectivity index (χ1) is 7.47. The average Bonchev–Trinajstić information content (AvgIpc) is 2.16. The summed E-state index contributed by atoms with van der Waals surface area (Å²) in [5.74, 6) is -2.32. The molecule has 1 rings (SSSR count). The summed E-state index contributed by atoms with van der Waals surface area (Å²) in [6.45, 7) is 5.17. The molecule has 0 bridgehead atoms. The molecule has 0 fully saturated rings. The highest BCUT2D eigenvalue weighted by molar-refractivity contribution is 5.60. The van der Waals surface area contributed by atoms with Crippen molar-refractivity contribution in [1.82, 2.24) is 0 Å². The van der Waals surface area contributed by atoms with Crippen LogP contribution in [0.15, 0.2) is 18.7 Å². The van der Waals surface area contributed by atoms with Crippen molar-refractivity contribution in [2.75, 3.05) is 6.61 Å². The quantitative estimate of drug-likeness (QED) is 0.453. The van der Waals surface area contributed by atoms with Gasteiger partial charge in [-0.25, -0.2) is 8.78 Å². The van der Waals surface area contributed by atoms with Crippen molar-refractivity contribution in [3.05, 3.63) is 46.0 Å². The lowest BCUT2D eigenvalue weighted by Crippen LogP contribution is -2.00. The zero-order valence-corrected chi connectivity index (χ0v) is 8.50. The van der Waals surface area contributed by atoms with Crippen molar-refractivity contribution in [3.63, 3.8) is 0 Å². The smallest absolute Gasteiger partial charge is 0.275 e. The van der Waals surface area contributed by atoms with Crippen LogP contribution in [0.1, 0.15) is 12.5 Å². The van der Waals surface area contributed by atoms with Gasteiger partial charge < -0.3 is 4.74 Å². The normalized spacial score (nSPS) is 9.94. The number of ether oxygens (including phenoxy) is 1. The van der Waals surface area contributed by atoms with Crippen LogP contribution in [-0.4, -0.2) is 11.5 Å². The molecule has 0 saturated heterocycles. The maximum atomic E-state index is 13.4. The van der Waals surface area contributed by atoms with Gasteiger partial charge in [0.05, 0.1) is 29.2 Å². The number of nitro benzene ring substituents is 1. The van der Waals surface area contributed by atoms with Gasteiger partial charge in [0.25, 0.3) is 5.69 Å². The topological polar surface area (TPSA) is 52.4 Å². The molecule has 0 N–H and O–H groups in total. The molecule has 6 heteroatoms. The summed E-state index contributed by atoms with van der Waals surface area (Å²) in [7, 11) is 0. The van der Waals surface area contributed by atoms with Crippen LogP contribution in [0.5, 0.6) is 0 Å². The highest BCUT2D eigenvalue weighted by Gasteiger charge is 2.19. The third-order valence-corrected chi connectivity index (χ3v) is 1.84. The number of hydrogen-bond donors (Lipinski definition) is 0. The van der Waals surface area contributed by atoms with E-state index in [0.717, 1.165) is 0 Å². The van der Waals surface area contributed by atoms with Crippen LogP contribution < -0.4 is 0 Å². The van der Waals surface area contributed by atoms with Gasteiger partial charge in [-0.05, 0) is 6.92 Å². The summed E-state index contributed by atoms with van der Waals surface area (Å²) in [6, 6.07) is 1.26. The van der Waals surface area contributed by atoms with Gasteiger partial charge in [-0.2, -0.15) is 0 Å². The predicted octanol–water partition coefficient (Wildman–Crippen LogP) is 2.88. The Bertz CT molecular complexity index is 423. The Morgan fingerprint density at radius 3 is 2.38 bits per heavy atom. The number of nitro groups is 1. The lowest BCUT2D eigenvalue weighted by molar-refractivity contribution is -0.385. The van der Waals surface area contributed by atoms with Gasteiger partial charge in [-0.15, -0.1) is 0 Å². The summed E-state index contributed by atoms with van der Waals surface area (Å²) >= 11 is 0. The maximum Gasteiger partial charge on any atom is 0.275 e. The van der Waals surface area contributed by atoms with Crippen molar-refractivity contribution in [1.29, 1.82) is 0 Å². The van der Waals surface area contributed by atoms with Gasteiger partial charge in [0, 0.05) is 0 Å². The molecule has 0 unspecified atom stereocenters. The van der Waals surface area contributed by atoms with Crippen LogP contribution in [0.2, 0.25) is 0 Å². The summed E-state index contributed by atoms with van der Waals surface area (Å²) in [5, 5.41) is 10.3. The Hall–Kier alpha value is -1.98. The molecule has 0 heterocycles. The molecule has 0 aliphatic carbocycles. The van der Waals surface area contributed by atoms with E-state index in [4.69, 9.17) is 4.74 Å². The molecule has 1 aromatic carbocycles. The second kappa shape index (κ2) is 4.69. The summed E-state index contributed by atoms with van der Waals surface area (Å²) in [6.07, 6.45) is 0. The molecule has 0 saturated carbocycles. The molecule has 1 aromatic rings. The number of rotatable bonds is 4. The van der Waals surface area contributed by atoms with Gasteiger partial charge in [0.1, 0.15) is 17.4 Å². The molecule has 86 valence electrons. The van der Waals surface area contributed by atoms with E-state index in [9.17, 15) is 18.9 Å². The Kier molecular flexibility index (Phi) is 3.55. The van der Waals surface area contributed by atoms with Crippen molar-refractivity contribution in [2.45, 2.75) is 6.92 Å². The zero-order chi connectivity index (χ0) is 12.3. The van der Waals surface area contributed by atoms with Crippen molar-refractivity contribution in [2.24, 2.45) is 0 Å². The monoisotopic (exact) mass is 229 g/mol. The van der Waals surface area contributed by atoms with Crippen LogP contribution in [0, 0.1) is 21.7 Å². The first-order valence-electron chi connectivity index (χ1n) is 4.42. The van der Waals surface area contributed by atoms with E-state index in [2.05, 4.69) is 6.58 Å². The Morgan fingerprint density at radius 1 is 1.50 bits per heavy atom. The van der Waals surface area contributed by atoms with Gasteiger partial charge in [0.2, 0.25) is 0 Å². The first-order valence-corrected chi connectivity index (χ1v) is 4.42. The fourth-order valence-corrected chi connectivity index (χ4v) is 1.18.